The lowest BCUT2D eigenvalue weighted by molar-refractivity contribution is 0.0541. The Hall–Kier alpha value is -1.69. The van der Waals surface area contributed by atoms with Gasteiger partial charge in [0.1, 0.15) is 0 Å². The molecule has 2 fully saturated rings. The van der Waals surface area contributed by atoms with Crippen molar-refractivity contribution in [3.63, 3.8) is 0 Å². The summed E-state index contributed by atoms with van der Waals surface area (Å²) in [5.74, 6) is 0.794. The molecule has 5 rings (SSSR count). The first-order valence-corrected chi connectivity index (χ1v) is 12.4. The van der Waals surface area contributed by atoms with E-state index in [2.05, 4.69) is 52.3 Å². The maximum Gasteiger partial charge on any atom is 0.0702 e. The summed E-state index contributed by atoms with van der Waals surface area (Å²) >= 11 is 0. The smallest absolute Gasteiger partial charge is 0.0702 e. The Bertz CT molecular complexity index is 810. The zero-order valence-corrected chi connectivity index (χ0v) is 19.1. The number of piperidine rings is 1. The van der Waals surface area contributed by atoms with Crippen LogP contribution in [0.15, 0.2) is 36.7 Å². The van der Waals surface area contributed by atoms with Gasteiger partial charge in [-0.2, -0.15) is 5.10 Å². The molecule has 1 atom stereocenters. The highest BCUT2D eigenvalue weighted by Gasteiger charge is 2.31. The zero-order chi connectivity index (χ0) is 21.0. The van der Waals surface area contributed by atoms with E-state index in [4.69, 9.17) is 4.74 Å². The zero-order valence-electron chi connectivity index (χ0n) is 19.1. The number of rotatable bonds is 8. The third-order valence-electron chi connectivity index (χ3n) is 7.61. The van der Waals surface area contributed by atoms with Crippen LogP contribution < -0.4 is 0 Å². The molecule has 168 valence electrons. The van der Waals surface area contributed by atoms with Gasteiger partial charge in [-0.05, 0) is 75.6 Å². The Balaban J connectivity index is 1.15. The first-order valence-electron chi connectivity index (χ1n) is 12.4. The van der Waals surface area contributed by atoms with Crippen molar-refractivity contribution >= 4 is 0 Å². The summed E-state index contributed by atoms with van der Waals surface area (Å²) in [7, 11) is 0. The summed E-state index contributed by atoms with van der Waals surface area (Å²) in [5, 5.41) is 4.49. The highest BCUT2D eigenvalue weighted by molar-refractivity contribution is 5.33. The van der Waals surface area contributed by atoms with E-state index in [1.807, 2.05) is 10.9 Å². The number of hydrogen-bond donors (Lipinski definition) is 0. The minimum atomic E-state index is 0.415. The molecule has 1 aromatic heterocycles. The molecule has 5 nitrogen and oxygen atoms in total. The number of hydrogen-bond acceptors (Lipinski definition) is 4. The molecule has 3 heterocycles. The predicted octanol–water partition coefficient (Wildman–Crippen LogP) is 3.76. The van der Waals surface area contributed by atoms with E-state index in [0.29, 0.717) is 6.10 Å². The van der Waals surface area contributed by atoms with E-state index in [1.54, 1.807) is 11.1 Å². The largest absolute Gasteiger partial charge is 0.377 e. The summed E-state index contributed by atoms with van der Waals surface area (Å²) in [6, 6.07) is 9.76. The Morgan fingerprint density at radius 3 is 2.48 bits per heavy atom. The Labute approximate surface area is 187 Å². The number of aromatic nitrogens is 2. The number of aryl methyl sites for hydroxylation is 1. The van der Waals surface area contributed by atoms with Crippen LogP contribution in [0.25, 0.3) is 0 Å². The van der Waals surface area contributed by atoms with Crippen LogP contribution in [-0.4, -0.2) is 64.5 Å². The number of likely N-dealkylation sites (tertiary alicyclic amines) is 1. The second-order valence-corrected chi connectivity index (χ2v) is 9.84. The van der Waals surface area contributed by atoms with E-state index >= 15 is 0 Å². The van der Waals surface area contributed by atoms with Crippen molar-refractivity contribution in [1.82, 2.24) is 19.6 Å². The molecule has 0 amide bonds. The summed E-state index contributed by atoms with van der Waals surface area (Å²) in [5.41, 5.74) is 4.48. The van der Waals surface area contributed by atoms with E-state index in [1.165, 1.54) is 63.7 Å². The Kier molecular flexibility index (Phi) is 6.72. The molecule has 1 aliphatic carbocycles. The van der Waals surface area contributed by atoms with Gasteiger partial charge in [0.2, 0.25) is 0 Å². The van der Waals surface area contributed by atoms with Gasteiger partial charge in [-0.15, -0.1) is 0 Å². The predicted molar refractivity (Wildman–Crippen MR) is 124 cm³/mol. The van der Waals surface area contributed by atoms with Crippen molar-refractivity contribution in [2.24, 2.45) is 5.92 Å². The number of fused-ring (bicyclic) bond motifs is 1. The average molecular weight is 423 g/mol. The topological polar surface area (TPSA) is 33.5 Å². The van der Waals surface area contributed by atoms with Crippen LogP contribution in [0.5, 0.6) is 0 Å². The Morgan fingerprint density at radius 2 is 1.84 bits per heavy atom. The third kappa shape index (κ3) is 5.21. The number of benzene rings is 1. The van der Waals surface area contributed by atoms with E-state index in [0.717, 1.165) is 38.2 Å². The fraction of sp³-hybridized carbons (Fsp3) is 0.654. The molecule has 2 aliphatic heterocycles. The standard InChI is InChI=1S/C26H38N4O/c1-2-30-19-22(16-27-30)18-28(20-26-8-5-13-31-26)17-21-9-11-29(12-10-21)25-14-23-6-3-4-7-24(23)15-25/h3-4,6-7,16,19,21,25-26H,2,5,8-15,17-18,20H2,1H3. The summed E-state index contributed by atoms with van der Waals surface area (Å²) < 4.78 is 8.02. The van der Waals surface area contributed by atoms with Crippen molar-refractivity contribution in [2.75, 3.05) is 32.8 Å². The highest BCUT2D eigenvalue weighted by Crippen LogP contribution is 2.29. The third-order valence-corrected chi connectivity index (χ3v) is 7.61. The molecule has 3 aliphatic rings. The summed E-state index contributed by atoms with van der Waals surface area (Å²) in [6.07, 6.45) is 12.2. The fourth-order valence-corrected chi connectivity index (χ4v) is 5.86. The molecule has 0 saturated carbocycles. The van der Waals surface area contributed by atoms with Gasteiger partial charge in [0.05, 0.1) is 12.3 Å². The van der Waals surface area contributed by atoms with E-state index < -0.39 is 0 Å². The molecule has 2 aromatic rings. The lowest BCUT2D eigenvalue weighted by Crippen LogP contribution is -2.44. The molecular weight excluding hydrogens is 384 g/mol. The van der Waals surface area contributed by atoms with Gasteiger partial charge in [-0.3, -0.25) is 14.5 Å². The lowest BCUT2D eigenvalue weighted by atomic mass is 9.94. The Morgan fingerprint density at radius 1 is 1.06 bits per heavy atom. The van der Waals surface area contributed by atoms with Gasteiger partial charge >= 0.3 is 0 Å². The van der Waals surface area contributed by atoms with Gasteiger partial charge in [0.15, 0.2) is 0 Å². The maximum atomic E-state index is 5.98. The molecular formula is C26H38N4O. The normalized spacial score (nSPS) is 23.1. The highest BCUT2D eigenvalue weighted by atomic mass is 16.5. The molecule has 1 unspecified atom stereocenters. The summed E-state index contributed by atoms with van der Waals surface area (Å²) in [6.45, 7) is 9.79. The van der Waals surface area contributed by atoms with Gasteiger partial charge in [-0.25, -0.2) is 0 Å². The molecule has 2 saturated heterocycles. The SMILES string of the molecule is CCn1cc(CN(CC2CCN(C3Cc4ccccc4C3)CC2)CC2CCCO2)cn1. The van der Waals surface area contributed by atoms with Crippen molar-refractivity contribution < 1.29 is 4.74 Å². The first kappa shape index (κ1) is 21.2. The van der Waals surface area contributed by atoms with Crippen LogP contribution in [0, 0.1) is 5.92 Å². The summed E-state index contributed by atoms with van der Waals surface area (Å²) in [4.78, 5) is 5.42. The lowest BCUT2D eigenvalue weighted by Gasteiger charge is -2.38. The van der Waals surface area contributed by atoms with Crippen molar-refractivity contribution in [2.45, 2.75) is 70.7 Å². The molecule has 0 N–H and O–H groups in total. The van der Waals surface area contributed by atoms with Crippen LogP contribution in [0.2, 0.25) is 0 Å². The monoisotopic (exact) mass is 422 g/mol. The van der Waals surface area contributed by atoms with Gasteiger partial charge in [-0.1, -0.05) is 24.3 Å². The molecule has 5 heteroatoms. The minimum absolute atomic E-state index is 0.415. The molecule has 0 radical (unpaired) electrons. The van der Waals surface area contributed by atoms with Crippen LogP contribution >= 0.6 is 0 Å². The van der Waals surface area contributed by atoms with E-state index in [-0.39, 0.29) is 0 Å². The van der Waals surface area contributed by atoms with Crippen LogP contribution in [0.3, 0.4) is 0 Å². The van der Waals surface area contributed by atoms with E-state index in [9.17, 15) is 0 Å². The van der Waals surface area contributed by atoms with Gasteiger partial charge in [0, 0.05) is 50.6 Å². The second kappa shape index (κ2) is 9.85. The minimum Gasteiger partial charge on any atom is -0.377 e. The maximum absolute atomic E-state index is 5.98. The fourth-order valence-electron chi connectivity index (χ4n) is 5.86. The quantitative estimate of drug-likeness (QED) is 0.649. The molecule has 0 spiro atoms. The van der Waals surface area contributed by atoms with Crippen LogP contribution in [0.4, 0.5) is 0 Å². The van der Waals surface area contributed by atoms with Gasteiger partial charge < -0.3 is 4.74 Å². The first-order chi connectivity index (χ1) is 15.3. The molecule has 0 bridgehead atoms. The van der Waals surface area contributed by atoms with Gasteiger partial charge in [0.25, 0.3) is 0 Å². The van der Waals surface area contributed by atoms with Crippen molar-refractivity contribution in [3.8, 4) is 0 Å². The van der Waals surface area contributed by atoms with Crippen molar-refractivity contribution in [3.05, 3.63) is 53.3 Å². The average Bonchev–Trinajstić information content (AvgIpc) is 3.55. The second-order valence-electron chi connectivity index (χ2n) is 9.84. The van der Waals surface area contributed by atoms with Crippen LogP contribution in [-0.2, 0) is 30.7 Å². The van der Waals surface area contributed by atoms with Crippen LogP contribution in [0.1, 0.15) is 49.3 Å². The van der Waals surface area contributed by atoms with Crippen molar-refractivity contribution in [1.29, 1.82) is 0 Å². The number of nitrogens with zero attached hydrogens (tertiary/aromatic N) is 4. The molecule has 31 heavy (non-hydrogen) atoms. The number of ether oxygens (including phenoxy) is 1. The molecule has 1 aromatic carbocycles.